The van der Waals surface area contributed by atoms with Crippen molar-refractivity contribution in [1.29, 1.82) is 0 Å². The van der Waals surface area contributed by atoms with Crippen molar-refractivity contribution in [3.8, 4) is 0 Å². The summed E-state index contributed by atoms with van der Waals surface area (Å²) in [6, 6.07) is 0.352. The molecule has 1 fully saturated rings. The van der Waals surface area contributed by atoms with Gasteiger partial charge in [0.1, 0.15) is 0 Å². The van der Waals surface area contributed by atoms with Crippen LogP contribution in [0.5, 0.6) is 0 Å². The molecule has 88 valence electrons. The molecule has 0 radical (unpaired) electrons. The molecule has 0 aliphatic carbocycles. The molecule has 0 spiro atoms. The van der Waals surface area contributed by atoms with E-state index in [1.165, 1.54) is 0 Å². The van der Waals surface area contributed by atoms with Crippen LogP contribution in [0.15, 0.2) is 0 Å². The van der Waals surface area contributed by atoms with E-state index in [-0.39, 0.29) is 11.4 Å². The van der Waals surface area contributed by atoms with Crippen LogP contribution in [0.2, 0.25) is 0 Å². The Hall–Kier alpha value is -0.570. The number of hydrogen-bond acceptors (Lipinski definition) is 2. The van der Waals surface area contributed by atoms with Gasteiger partial charge in [0.05, 0.1) is 0 Å². The molecule has 0 bridgehead atoms. The smallest absolute Gasteiger partial charge is 0.222 e. The van der Waals surface area contributed by atoms with Gasteiger partial charge in [-0.15, -0.1) is 0 Å². The van der Waals surface area contributed by atoms with Crippen molar-refractivity contribution in [2.24, 2.45) is 0 Å². The number of nitrogens with zero attached hydrogens (tertiary/aromatic N) is 2. The first-order chi connectivity index (χ1) is 6.86. The van der Waals surface area contributed by atoms with Gasteiger partial charge in [-0.05, 0) is 27.7 Å². The van der Waals surface area contributed by atoms with Crippen LogP contribution in [0.4, 0.5) is 0 Å². The second-order valence-electron chi connectivity index (χ2n) is 5.41. The number of amides is 1. The molecule has 3 nitrogen and oxygen atoms in total. The highest BCUT2D eigenvalue weighted by Crippen LogP contribution is 2.19. The Morgan fingerprint density at radius 1 is 1.33 bits per heavy atom. The third-order valence-corrected chi connectivity index (χ3v) is 3.20. The van der Waals surface area contributed by atoms with Crippen molar-refractivity contribution in [1.82, 2.24) is 9.80 Å². The number of piperazine rings is 1. The highest BCUT2D eigenvalue weighted by Gasteiger charge is 2.31. The monoisotopic (exact) mass is 212 g/mol. The molecule has 1 aliphatic rings. The minimum absolute atomic E-state index is 0.218. The lowest BCUT2D eigenvalue weighted by atomic mass is 10.0. The minimum atomic E-state index is 0.218. The minimum Gasteiger partial charge on any atom is -0.337 e. The van der Waals surface area contributed by atoms with E-state index in [1.54, 1.807) is 0 Å². The Morgan fingerprint density at radius 2 is 1.93 bits per heavy atom. The molecule has 1 amide bonds. The zero-order valence-electron chi connectivity index (χ0n) is 10.7. The Kier molecular flexibility index (Phi) is 3.77. The van der Waals surface area contributed by atoms with Crippen molar-refractivity contribution in [2.45, 2.75) is 52.6 Å². The normalized spacial score (nSPS) is 24.3. The molecule has 1 atom stereocenters. The summed E-state index contributed by atoms with van der Waals surface area (Å²) in [6.45, 7) is 13.7. The molecular weight excluding hydrogens is 188 g/mol. The van der Waals surface area contributed by atoms with E-state index in [2.05, 4.69) is 32.6 Å². The van der Waals surface area contributed by atoms with Crippen LogP contribution in [0, 0.1) is 0 Å². The average Bonchev–Trinajstić information content (AvgIpc) is 2.15. The molecule has 1 aliphatic heterocycles. The molecule has 0 N–H and O–H groups in total. The molecule has 1 saturated heterocycles. The highest BCUT2D eigenvalue weighted by molar-refractivity contribution is 5.76. The molecule has 3 heteroatoms. The van der Waals surface area contributed by atoms with E-state index in [4.69, 9.17) is 0 Å². The number of carbonyl (C=O) groups is 1. The number of rotatable bonds is 1. The van der Waals surface area contributed by atoms with E-state index >= 15 is 0 Å². The maximum atomic E-state index is 11.6. The van der Waals surface area contributed by atoms with Crippen molar-refractivity contribution in [2.75, 3.05) is 19.6 Å². The number of carbonyl (C=O) groups excluding carboxylic acids is 1. The van der Waals surface area contributed by atoms with Gasteiger partial charge in [0.15, 0.2) is 0 Å². The van der Waals surface area contributed by atoms with Gasteiger partial charge in [-0.3, -0.25) is 9.69 Å². The fraction of sp³-hybridized carbons (Fsp3) is 0.917. The summed E-state index contributed by atoms with van der Waals surface area (Å²) in [7, 11) is 0. The van der Waals surface area contributed by atoms with Gasteiger partial charge in [0, 0.05) is 37.6 Å². The summed E-state index contributed by atoms with van der Waals surface area (Å²) in [5, 5.41) is 0. The lowest BCUT2D eigenvalue weighted by Crippen LogP contribution is -2.58. The quantitative estimate of drug-likeness (QED) is 0.661. The molecule has 0 aromatic rings. The molecule has 15 heavy (non-hydrogen) atoms. The van der Waals surface area contributed by atoms with Gasteiger partial charge in [0.2, 0.25) is 5.91 Å². The van der Waals surface area contributed by atoms with Crippen molar-refractivity contribution in [3.63, 3.8) is 0 Å². The molecular formula is C12H24N2O. The summed E-state index contributed by atoms with van der Waals surface area (Å²) < 4.78 is 0. The highest BCUT2D eigenvalue weighted by atomic mass is 16.2. The first-order valence-corrected chi connectivity index (χ1v) is 5.90. The van der Waals surface area contributed by atoms with Gasteiger partial charge in [0.25, 0.3) is 0 Å². The lowest BCUT2D eigenvalue weighted by Gasteiger charge is -2.45. The average molecular weight is 212 g/mol. The first-order valence-electron chi connectivity index (χ1n) is 5.90. The predicted octanol–water partition coefficient (Wildman–Crippen LogP) is 1.73. The van der Waals surface area contributed by atoms with Crippen LogP contribution < -0.4 is 0 Å². The summed E-state index contributed by atoms with van der Waals surface area (Å²) in [4.78, 5) is 16.1. The standard InChI is InChI=1S/C12H24N2O/c1-6-11(15)14-8-7-13(9-10(14)2)12(3,4)5/h10H,6-9H2,1-5H3/t10-/m0/s1. The molecule has 1 heterocycles. The van der Waals surface area contributed by atoms with Crippen molar-refractivity contribution < 1.29 is 4.79 Å². The zero-order chi connectivity index (χ0) is 11.6. The summed E-state index contributed by atoms with van der Waals surface area (Å²) in [5.41, 5.74) is 0.218. The molecule has 0 saturated carbocycles. The Morgan fingerprint density at radius 3 is 2.33 bits per heavy atom. The molecule has 1 rings (SSSR count). The van der Waals surface area contributed by atoms with Gasteiger partial charge in [-0.1, -0.05) is 6.92 Å². The maximum absolute atomic E-state index is 11.6. The van der Waals surface area contributed by atoms with Crippen LogP contribution in [-0.4, -0.2) is 46.9 Å². The fourth-order valence-electron chi connectivity index (χ4n) is 2.14. The molecule has 0 aromatic carbocycles. The third-order valence-electron chi connectivity index (χ3n) is 3.20. The van der Waals surface area contributed by atoms with E-state index in [1.807, 2.05) is 11.8 Å². The van der Waals surface area contributed by atoms with E-state index < -0.39 is 0 Å². The largest absolute Gasteiger partial charge is 0.337 e. The molecule has 0 unspecified atom stereocenters. The summed E-state index contributed by atoms with van der Waals surface area (Å²) in [5.74, 6) is 0.288. The second-order valence-corrected chi connectivity index (χ2v) is 5.41. The zero-order valence-corrected chi connectivity index (χ0v) is 10.7. The predicted molar refractivity (Wildman–Crippen MR) is 62.8 cm³/mol. The third kappa shape index (κ3) is 2.94. The van der Waals surface area contributed by atoms with Crippen LogP contribution in [0.25, 0.3) is 0 Å². The van der Waals surface area contributed by atoms with Crippen molar-refractivity contribution >= 4 is 5.91 Å². The first kappa shape index (κ1) is 12.5. The topological polar surface area (TPSA) is 23.6 Å². The van der Waals surface area contributed by atoms with Crippen LogP contribution in [-0.2, 0) is 4.79 Å². The van der Waals surface area contributed by atoms with Gasteiger partial charge in [-0.2, -0.15) is 0 Å². The Balaban J connectivity index is 2.59. The van der Waals surface area contributed by atoms with E-state index in [0.717, 1.165) is 19.6 Å². The Labute approximate surface area is 93.4 Å². The van der Waals surface area contributed by atoms with Crippen LogP contribution in [0.1, 0.15) is 41.0 Å². The van der Waals surface area contributed by atoms with E-state index in [0.29, 0.717) is 12.5 Å². The number of hydrogen-bond donors (Lipinski definition) is 0. The summed E-state index contributed by atoms with van der Waals surface area (Å²) in [6.07, 6.45) is 0.625. The van der Waals surface area contributed by atoms with Gasteiger partial charge < -0.3 is 4.90 Å². The maximum Gasteiger partial charge on any atom is 0.222 e. The fourth-order valence-corrected chi connectivity index (χ4v) is 2.14. The van der Waals surface area contributed by atoms with Crippen LogP contribution >= 0.6 is 0 Å². The van der Waals surface area contributed by atoms with Gasteiger partial charge >= 0.3 is 0 Å². The van der Waals surface area contributed by atoms with Crippen LogP contribution in [0.3, 0.4) is 0 Å². The lowest BCUT2D eigenvalue weighted by molar-refractivity contribution is -0.136. The van der Waals surface area contributed by atoms with Crippen molar-refractivity contribution in [3.05, 3.63) is 0 Å². The molecule has 0 aromatic heterocycles. The Bertz CT molecular complexity index is 232. The SMILES string of the molecule is CCC(=O)N1CCN(C(C)(C)C)C[C@@H]1C. The summed E-state index contributed by atoms with van der Waals surface area (Å²) >= 11 is 0. The van der Waals surface area contributed by atoms with Gasteiger partial charge in [-0.25, -0.2) is 0 Å². The van der Waals surface area contributed by atoms with E-state index in [9.17, 15) is 4.79 Å². The second kappa shape index (κ2) is 4.52.